The largest absolute Gasteiger partial charge is 0.394 e. The van der Waals surface area contributed by atoms with Crippen LogP contribution in [0.5, 0.6) is 0 Å². The minimum Gasteiger partial charge on any atom is -0.394 e. The number of nitrogens with zero attached hydrogens (tertiary/aromatic N) is 1. The molecule has 0 amide bonds. The molecule has 21 heavy (non-hydrogen) atoms. The van der Waals surface area contributed by atoms with Crippen molar-refractivity contribution in [3.63, 3.8) is 0 Å². The first-order valence-electron chi connectivity index (χ1n) is 6.89. The van der Waals surface area contributed by atoms with Crippen LogP contribution < -0.4 is 5.32 Å². The molecule has 2 N–H and O–H groups in total. The van der Waals surface area contributed by atoms with Gasteiger partial charge in [0.15, 0.2) is 0 Å². The Morgan fingerprint density at radius 3 is 2.33 bits per heavy atom. The molecule has 2 rings (SSSR count). The van der Waals surface area contributed by atoms with E-state index < -0.39 is 10.5 Å². The number of aliphatic hydroxyl groups is 1. The lowest BCUT2D eigenvalue weighted by molar-refractivity contribution is -0.384. The first-order valence-corrected chi connectivity index (χ1v) is 7.65. The molecule has 0 aromatic heterocycles. The number of anilines is 1. The Morgan fingerprint density at radius 1 is 1.38 bits per heavy atom. The molecule has 0 bridgehead atoms. The SMILES string of the molecule is CC1CCC(CO)(Nc2c(Cl)cc([N+](=O)[O-])cc2Cl)CC1. The van der Waals surface area contributed by atoms with Crippen LogP contribution in [-0.4, -0.2) is 22.2 Å². The fourth-order valence-corrected chi connectivity index (χ4v) is 3.26. The minimum absolute atomic E-state index is 0.0244. The number of halogens is 2. The van der Waals surface area contributed by atoms with E-state index in [2.05, 4.69) is 12.2 Å². The Balaban J connectivity index is 2.28. The van der Waals surface area contributed by atoms with Crippen LogP contribution in [0.3, 0.4) is 0 Å². The summed E-state index contributed by atoms with van der Waals surface area (Å²) in [5.41, 5.74) is -0.158. The van der Waals surface area contributed by atoms with Crippen molar-refractivity contribution in [2.75, 3.05) is 11.9 Å². The van der Waals surface area contributed by atoms with Gasteiger partial charge in [0.2, 0.25) is 0 Å². The first kappa shape index (κ1) is 16.3. The number of non-ortho nitro benzene ring substituents is 1. The third-order valence-electron chi connectivity index (χ3n) is 4.16. The Morgan fingerprint density at radius 2 is 1.90 bits per heavy atom. The first-order chi connectivity index (χ1) is 9.87. The van der Waals surface area contributed by atoms with Gasteiger partial charge in [-0.3, -0.25) is 10.1 Å². The number of aliphatic hydroxyl groups excluding tert-OH is 1. The van der Waals surface area contributed by atoms with Gasteiger partial charge >= 0.3 is 0 Å². The smallest absolute Gasteiger partial charge is 0.272 e. The summed E-state index contributed by atoms with van der Waals surface area (Å²) >= 11 is 12.2. The zero-order valence-electron chi connectivity index (χ0n) is 11.7. The van der Waals surface area contributed by atoms with Crippen molar-refractivity contribution in [2.24, 2.45) is 5.92 Å². The lowest BCUT2D eigenvalue weighted by Gasteiger charge is -2.40. The molecule has 1 saturated carbocycles. The molecule has 0 aliphatic heterocycles. The Hall–Kier alpha value is -1.04. The van der Waals surface area contributed by atoms with Gasteiger partial charge < -0.3 is 10.4 Å². The van der Waals surface area contributed by atoms with Crippen LogP contribution >= 0.6 is 23.2 Å². The number of rotatable bonds is 4. The van der Waals surface area contributed by atoms with E-state index in [0.717, 1.165) is 25.7 Å². The van der Waals surface area contributed by atoms with Gasteiger partial charge in [-0.2, -0.15) is 0 Å². The number of benzene rings is 1. The van der Waals surface area contributed by atoms with Gasteiger partial charge in [-0.05, 0) is 31.6 Å². The van der Waals surface area contributed by atoms with E-state index in [-0.39, 0.29) is 22.3 Å². The predicted octanol–water partition coefficient (Wildman–Crippen LogP) is 4.25. The summed E-state index contributed by atoms with van der Waals surface area (Å²) in [5, 5.41) is 24.2. The molecule has 0 saturated heterocycles. The van der Waals surface area contributed by atoms with Gasteiger partial charge in [-0.15, -0.1) is 0 Å². The topological polar surface area (TPSA) is 75.4 Å². The molecule has 1 aromatic carbocycles. The molecule has 0 radical (unpaired) electrons. The van der Waals surface area contributed by atoms with Crippen molar-refractivity contribution in [1.82, 2.24) is 0 Å². The van der Waals surface area contributed by atoms with E-state index in [1.54, 1.807) is 0 Å². The monoisotopic (exact) mass is 332 g/mol. The van der Waals surface area contributed by atoms with Crippen LogP contribution in [0, 0.1) is 16.0 Å². The quantitative estimate of drug-likeness (QED) is 0.638. The Bertz CT molecular complexity index is 520. The van der Waals surface area contributed by atoms with Gasteiger partial charge in [0.1, 0.15) is 0 Å². The highest BCUT2D eigenvalue weighted by atomic mass is 35.5. The van der Waals surface area contributed by atoms with Crippen LogP contribution in [-0.2, 0) is 0 Å². The fraction of sp³-hybridized carbons (Fsp3) is 0.571. The minimum atomic E-state index is -0.536. The molecule has 0 spiro atoms. The van der Waals surface area contributed by atoms with Crippen molar-refractivity contribution in [2.45, 2.75) is 38.1 Å². The van der Waals surface area contributed by atoms with Crippen molar-refractivity contribution in [3.05, 3.63) is 32.3 Å². The molecule has 7 heteroatoms. The molecule has 0 heterocycles. The summed E-state index contributed by atoms with van der Waals surface area (Å²) < 4.78 is 0. The highest BCUT2D eigenvalue weighted by molar-refractivity contribution is 6.39. The standard InChI is InChI=1S/C14H18Cl2N2O3/c1-9-2-4-14(8-19,5-3-9)17-13-11(15)6-10(18(20)21)7-12(13)16/h6-7,9,17,19H,2-5,8H2,1H3. The zero-order valence-corrected chi connectivity index (χ0v) is 13.2. The van der Waals surface area contributed by atoms with Gasteiger partial charge in [-0.25, -0.2) is 0 Å². The summed E-state index contributed by atoms with van der Waals surface area (Å²) in [6.45, 7) is 2.16. The molecule has 1 aliphatic carbocycles. The third-order valence-corrected chi connectivity index (χ3v) is 4.76. The summed E-state index contributed by atoms with van der Waals surface area (Å²) in [7, 11) is 0. The maximum Gasteiger partial charge on any atom is 0.272 e. The Labute approximate surface area is 133 Å². The van der Waals surface area contributed by atoms with Gasteiger partial charge in [-0.1, -0.05) is 30.1 Å². The lowest BCUT2D eigenvalue weighted by atomic mass is 9.77. The summed E-state index contributed by atoms with van der Waals surface area (Å²) in [4.78, 5) is 10.3. The fourth-order valence-electron chi connectivity index (χ4n) is 2.69. The van der Waals surface area contributed by atoms with Crippen LogP contribution in [0.2, 0.25) is 10.0 Å². The van der Waals surface area contributed by atoms with Gasteiger partial charge in [0.25, 0.3) is 5.69 Å². The Kier molecular flexibility index (Phi) is 4.96. The number of nitro benzene ring substituents is 1. The highest BCUT2D eigenvalue weighted by Gasteiger charge is 2.34. The molecule has 1 fully saturated rings. The van der Waals surface area contributed by atoms with Crippen LogP contribution in [0.4, 0.5) is 11.4 Å². The molecular formula is C14H18Cl2N2O3. The second-order valence-corrected chi connectivity index (χ2v) is 6.60. The predicted molar refractivity (Wildman–Crippen MR) is 84.2 cm³/mol. The highest BCUT2D eigenvalue weighted by Crippen LogP contribution is 2.40. The third kappa shape index (κ3) is 3.59. The van der Waals surface area contributed by atoms with E-state index in [1.165, 1.54) is 12.1 Å². The normalized spacial score (nSPS) is 25.6. The maximum absolute atomic E-state index is 10.8. The lowest BCUT2D eigenvalue weighted by Crippen LogP contribution is -2.45. The molecule has 1 aliphatic rings. The molecule has 1 aromatic rings. The van der Waals surface area contributed by atoms with E-state index >= 15 is 0 Å². The molecule has 5 nitrogen and oxygen atoms in total. The summed E-state index contributed by atoms with van der Waals surface area (Å²) in [5.74, 6) is 0.634. The molecule has 116 valence electrons. The van der Waals surface area contributed by atoms with E-state index in [0.29, 0.717) is 11.6 Å². The van der Waals surface area contributed by atoms with E-state index in [1.807, 2.05) is 0 Å². The maximum atomic E-state index is 10.8. The number of hydrogen-bond donors (Lipinski definition) is 2. The van der Waals surface area contributed by atoms with Crippen LogP contribution in [0.25, 0.3) is 0 Å². The van der Waals surface area contributed by atoms with Crippen molar-refractivity contribution < 1.29 is 10.0 Å². The summed E-state index contributed by atoms with van der Waals surface area (Å²) in [6.07, 6.45) is 3.65. The van der Waals surface area contributed by atoms with E-state index in [9.17, 15) is 15.2 Å². The van der Waals surface area contributed by atoms with Crippen molar-refractivity contribution >= 4 is 34.6 Å². The zero-order chi connectivity index (χ0) is 15.6. The molecule has 0 atom stereocenters. The molecule has 0 unspecified atom stereocenters. The summed E-state index contributed by atoms with van der Waals surface area (Å²) in [6, 6.07) is 2.54. The van der Waals surface area contributed by atoms with Gasteiger partial charge in [0.05, 0.1) is 32.8 Å². The molecular weight excluding hydrogens is 315 g/mol. The second-order valence-electron chi connectivity index (χ2n) is 5.79. The average Bonchev–Trinajstić information content (AvgIpc) is 2.45. The average molecular weight is 333 g/mol. The number of nitro groups is 1. The van der Waals surface area contributed by atoms with E-state index in [4.69, 9.17) is 23.2 Å². The number of nitrogens with one attached hydrogen (secondary N) is 1. The van der Waals surface area contributed by atoms with Gasteiger partial charge in [0, 0.05) is 12.1 Å². The van der Waals surface area contributed by atoms with Crippen LogP contribution in [0.1, 0.15) is 32.6 Å². The second kappa shape index (κ2) is 6.38. The van der Waals surface area contributed by atoms with Crippen molar-refractivity contribution in [3.8, 4) is 0 Å². The van der Waals surface area contributed by atoms with Crippen LogP contribution in [0.15, 0.2) is 12.1 Å². The van der Waals surface area contributed by atoms with Crippen molar-refractivity contribution in [1.29, 1.82) is 0 Å². The number of hydrogen-bond acceptors (Lipinski definition) is 4.